The van der Waals surface area contributed by atoms with E-state index in [1.54, 1.807) is 0 Å². The van der Waals surface area contributed by atoms with E-state index in [0.29, 0.717) is 0 Å². The molecule has 1 rings (SSSR count). The second-order valence-corrected chi connectivity index (χ2v) is 3.99. The highest BCUT2D eigenvalue weighted by atomic mass is 14.9. The molecule has 2 atom stereocenters. The van der Waals surface area contributed by atoms with E-state index < -0.39 is 0 Å². The average molecular weight is 170 g/mol. The van der Waals surface area contributed by atoms with Crippen LogP contribution < -0.4 is 10.6 Å². The second kappa shape index (κ2) is 5.55. The summed E-state index contributed by atoms with van der Waals surface area (Å²) < 4.78 is 0. The van der Waals surface area contributed by atoms with Gasteiger partial charge in [-0.25, -0.2) is 0 Å². The van der Waals surface area contributed by atoms with Gasteiger partial charge in [-0.2, -0.15) is 0 Å². The first-order valence-corrected chi connectivity index (χ1v) is 5.20. The van der Waals surface area contributed by atoms with Crippen molar-refractivity contribution < 1.29 is 0 Å². The lowest BCUT2D eigenvalue weighted by Gasteiger charge is -2.02. The van der Waals surface area contributed by atoms with E-state index in [1.165, 1.54) is 32.4 Å². The molecule has 0 aromatic heterocycles. The Labute approximate surface area is 76.1 Å². The molecule has 72 valence electrons. The van der Waals surface area contributed by atoms with Gasteiger partial charge < -0.3 is 10.6 Å². The van der Waals surface area contributed by atoms with E-state index in [0.717, 1.165) is 18.4 Å². The smallest absolute Gasteiger partial charge is 0.00179 e. The topological polar surface area (TPSA) is 24.1 Å². The number of hydrogen-bond acceptors (Lipinski definition) is 2. The summed E-state index contributed by atoms with van der Waals surface area (Å²) in [6, 6.07) is 0. The summed E-state index contributed by atoms with van der Waals surface area (Å²) in [6.07, 6.45) is 4.05. The molecule has 0 bridgehead atoms. The van der Waals surface area contributed by atoms with Crippen LogP contribution in [0, 0.1) is 11.8 Å². The lowest BCUT2D eigenvalue weighted by atomic mass is 10.3. The number of rotatable bonds is 7. The Kier molecular flexibility index (Phi) is 4.62. The van der Waals surface area contributed by atoms with Gasteiger partial charge in [-0.15, -0.1) is 0 Å². The summed E-state index contributed by atoms with van der Waals surface area (Å²) in [4.78, 5) is 0. The normalized spacial score (nSPS) is 27.5. The van der Waals surface area contributed by atoms with Gasteiger partial charge in [-0.05, 0) is 57.8 Å². The lowest BCUT2D eigenvalue weighted by molar-refractivity contribution is 0.571. The Morgan fingerprint density at radius 1 is 1.25 bits per heavy atom. The summed E-state index contributed by atoms with van der Waals surface area (Å²) in [5, 5.41) is 6.67. The van der Waals surface area contributed by atoms with Crippen LogP contribution in [-0.4, -0.2) is 26.7 Å². The molecule has 2 heteroatoms. The first kappa shape index (κ1) is 10.0. The summed E-state index contributed by atoms with van der Waals surface area (Å²) >= 11 is 0. The SMILES string of the molecule is CNCCCCNC[C@@H]1C[C@H]1C. The molecule has 1 saturated carbocycles. The molecule has 0 aromatic rings. The van der Waals surface area contributed by atoms with Crippen molar-refractivity contribution in [3.05, 3.63) is 0 Å². The zero-order valence-electron chi connectivity index (χ0n) is 8.40. The molecule has 0 spiro atoms. The molecule has 0 amide bonds. The van der Waals surface area contributed by atoms with Gasteiger partial charge >= 0.3 is 0 Å². The van der Waals surface area contributed by atoms with E-state index >= 15 is 0 Å². The van der Waals surface area contributed by atoms with Gasteiger partial charge in [-0.3, -0.25) is 0 Å². The Morgan fingerprint density at radius 2 is 1.92 bits per heavy atom. The van der Waals surface area contributed by atoms with Gasteiger partial charge in [0.1, 0.15) is 0 Å². The van der Waals surface area contributed by atoms with Crippen LogP contribution in [0.2, 0.25) is 0 Å². The summed E-state index contributed by atoms with van der Waals surface area (Å²) in [6.45, 7) is 5.94. The molecule has 0 aromatic carbocycles. The Hall–Kier alpha value is -0.0800. The first-order chi connectivity index (χ1) is 5.84. The Balaban J connectivity index is 1.72. The molecular formula is C10H22N2. The maximum Gasteiger partial charge on any atom is -0.00179 e. The molecule has 1 aliphatic carbocycles. The average Bonchev–Trinajstić information content (AvgIpc) is 2.74. The van der Waals surface area contributed by atoms with Gasteiger partial charge in [0, 0.05) is 0 Å². The van der Waals surface area contributed by atoms with Crippen molar-refractivity contribution >= 4 is 0 Å². The third kappa shape index (κ3) is 4.07. The molecular weight excluding hydrogens is 148 g/mol. The van der Waals surface area contributed by atoms with Crippen LogP contribution in [0.3, 0.4) is 0 Å². The second-order valence-electron chi connectivity index (χ2n) is 3.99. The highest BCUT2D eigenvalue weighted by Gasteiger charge is 2.31. The minimum Gasteiger partial charge on any atom is -0.320 e. The largest absolute Gasteiger partial charge is 0.320 e. The first-order valence-electron chi connectivity index (χ1n) is 5.20. The van der Waals surface area contributed by atoms with E-state index in [1.807, 2.05) is 7.05 Å². The fourth-order valence-electron chi connectivity index (χ4n) is 1.52. The van der Waals surface area contributed by atoms with Crippen LogP contribution >= 0.6 is 0 Å². The van der Waals surface area contributed by atoms with Crippen LogP contribution in [-0.2, 0) is 0 Å². The predicted octanol–water partition coefficient (Wildman–Crippen LogP) is 1.23. The number of unbranched alkanes of at least 4 members (excludes halogenated alkanes) is 1. The van der Waals surface area contributed by atoms with Gasteiger partial charge in [0.15, 0.2) is 0 Å². The van der Waals surface area contributed by atoms with Crippen molar-refractivity contribution in [2.75, 3.05) is 26.7 Å². The number of nitrogens with one attached hydrogen (secondary N) is 2. The summed E-state index contributed by atoms with van der Waals surface area (Å²) in [5.41, 5.74) is 0. The van der Waals surface area contributed by atoms with Crippen molar-refractivity contribution in [1.29, 1.82) is 0 Å². The van der Waals surface area contributed by atoms with E-state index in [2.05, 4.69) is 17.6 Å². The molecule has 0 aliphatic heterocycles. The van der Waals surface area contributed by atoms with Crippen LogP contribution in [0.4, 0.5) is 0 Å². The van der Waals surface area contributed by atoms with E-state index in [9.17, 15) is 0 Å². The zero-order chi connectivity index (χ0) is 8.81. The lowest BCUT2D eigenvalue weighted by Crippen LogP contribution is -2.19. The van der Waals surface area contributed by atoms with E-state index in [4.69, 9.17) is 0 Å². The van der Waals surface area contributed by atoms with Crippen LogP contribution in [0.5, 0.6) is 0 Å². The quantitative estimate of drug-likeness (QED) is 0.562. The highest BCUT2D eigenvalue weighted by Crippen LogP contribution is 2.36. The minimum atomic E-state index is 0.995. The van der Waals surface area contributed by atoms with Gasteiger partial charge in [-0.1, -0.05) is 6.92 Å². The van der Waals surface area contributed by atoms with Crippen molar-refractivity contribution in [3.8, 4) is 0 Å². The third-order valence-electron chi connectivity index (χ3n) is 2.71. The zero-order valence-corrected chi connectivity index (χ0v) is 8.40. The van der Waals surface area contributed by atoms with Crippen molar-refractivity contribution in [2.24, 2.45) is 11.8 Å². The van der Waals surface area contributed by atoms with Gasteiger partial charge in [0.25, 0.3) is 0 Å². The summed E-state index contributed by atoms with van der Waals surface area (Å²) in [5.74, 6) is 1.99. The molecule has 12 heavy (non-hydrogen) atoms. The molecule has 0 saturated heterocycles. The van der Waals surface area contributed by atoms with Crippen LogP contribution in [0.1, 0.15) is 26.2 Å². The van der Waals surface area contributed by atoms with Crippen LogP contribution in [0.15, 0.2) is 0 Å². The van der Waals surface area contributed by atoms with Gasteiger partial charge in [0.05, 0.1) is 0 Å². The van der Waals surface area contributed by atoms with Crippen molar-refractivity contribution in [3.63, 3.8) is 0 Å². The van der Waals surface area contributed by atoms with Gasteiger partial charge in [0.2, 0.25) is 0 Å². The van der Waals surface area contributed by atoms with Crippen LogP contribution in [0.25, 0.3) is 0 Å². The molecule has 2 N–H and O–H groups in total. The fraction of sp³-hybridized carbons (Fsp3) is 1.00. The maximum absolute atomic E-state index is 3.51. The number of hydrogen-bond donors (Lipinski definition) is 2. The Bertz CT molecular complexity index is 114. The molecule has 0 radical (unpaired) electrons. The molecule has 0 unspecified atom stereocenters. The summed E-state index contributed by atoms with van der Waals surface area (Å²) in [7, 11) is 2.01. The fourth-order valence-corrected chi connectivity index (χ4v) is 1.52. The predicted molar refractivity (Wildman–Crippen MR) is 53.3 cm³/mol. The molecule has 2 nitrogen and oxygen atoms in total. The third-order valence-corrected chi connectivity index (χ3v) is 2.71. The Morgan fingerprint density at radius 3 is 2.50 bits per heavy atom. The van der Waals surface area contributed by atoms with Crippen molar-refractivity contribution in [1.82, 2.24) is 10.6 Å². The maximum atomic E-state index is 3.51. The standard InChI is InChI=1S/C10H22N2/c1-9-7-10(9)8-12-6-4-3-5-11-2/h9-12H,3-8H2,1-2H3/t9-,10+/m1/s1. The molecule has 1 aliphatic rings. The molecule has 1 fully saturated rings. The monoisotopic (exact) mass is 170 g/mol. The minimum absolute atomic E-state index is 0.995. The van der Waals surface area contributed by atoms with Crippen molar-refractivity contribution in [2.45, 2.75) is 26.2 Å². The highest BCUT2D eigenvalue weighted by molar-refractivity contribution is 4.83. The molecule has 0 heterocycles. The van der Waals surface area contributed by atoms with E-state index in [-0.39, 0.29) is 0 Å².